The van der Waals surface area contributed by atoms with Gasteiger partial charge in [0.2, 0.25) is 0 Å². The topological polar surface area (TPSA) is 125 Å². The number of carboxylic acids is 1. The Bertz CT molecular complexity index is 330. The van der Waals surface area contributed by atoms with E-state index >= 15 is 0 Å². The van der Waals surface area contributed by atoms with Crippen molar-refractivity contribution in [1.82, 2.24) is 15.5 Å². The summed E-state index contributed by atoms with van der Waals surface area (Å²) < 4.78 is 0. The monoisotopic (exact) mass is 258 g/mol. The Morgan fingerprint density at radius 2 is 1.83 bits per heavy atom. The van der Waals surface area contributed by atoms with Crippen molar-refractivity contribution >= 4 is 18.0 Å². The molecule has 0 aliphatic heterocycles. The Morgan fingerprint density at radius 1 is 1.22 bits per heavy atom. The summed E-state index contributed by atoms with van der Waals surface area (Å²) in [6.45, 7) is 0.714. The molecule has 0 unspecified atom stereocenters. The molecule has 0 spiro atoms. The number of nitrogens with two attached hydrogens (primary N) is 1. The third-order valence-corrected chi connectivity index (χ3v) is 2.52. The number of carboxylic acid groups (broad SMARTS) is 1. The second kappa shape index (κ2) is 6.67. The third-order valence-electron chi connectivity index (χ3n) is 2.52. The fraction of sp³-hybridized carbons (Fsp3) is 0.700. The molecule has 0 heterocycles. The predicted molar refractivity (Wildman–Crippen MR) is 63.0 cm³/mol. The van der Waals surface area contributed by atoms with Crippen molar-refractivity contribution in [2.24, 2.45) is 5.73 Å². The molecule has 1 fully saturated rings. The number of carbonyl (C=O) groups is 3. The number of urea groups is 2. The molecule has 0 bridgehead atoms. The first-order valence-corrected chi connectivity index (χ1v) is 5.80. The van der Waals surface area contributed by atoms with E-state index in [-0.39, 0.29) is 38.1 Å². The van der Waals surface area contributed by atoms with Gasteiger partial charge in [0.05, 0.1) is 6.42 Å². The van der Waals surface area contributed by atoms with E-state index in [0.29, 0.717) is 0 Å². The van der Waals surface area contributed by atoms with Gasteiger partial charge in [-0.15, -0.1) is 0 Å². The molecular formula is C10H18N4O4. The minimum atomic E-state index is -0.927. The van der Waals surface area contributed by atoms with Gasteiger partial charge in [-0.1, -0.05) is 0 Å². The van der Waals surface area contributed by atoms with E-state index in [1.807, 2.05) is 0 Å². The lowest BCUT2D eigenvalue weighted by Crippen LogP contribution is -2.45. The van der Waals surface area contributed by atoms with Gasteiger partial charge in [-0.05, 0) is 12.8 Å². The number of hydrogen-bond acceptors (Lipinski definition) is 3. The Hall–Kier alpha value is -1.99. The number of hydrogen-bond donors (Lipinski definition) is 4. The Balaban J connectivity index is 2.26. The van der Waals surface area contributed by atoms with Crippen molar-refractivity contribution in [3.8, 4) is 0 Å². The average Bonchev–Trinajstić information content (AvgIpc) is 3.08. The van der Waals surface area contributed by atoms with E-state index in [0.717, 1.165) is 12.8 Å². The van der Waals surface area contributed by atoms with E-state index in [4.69, 9.17) is 10.8 Å². The van der Waals surface area contributed by atoms with Gasteiger partial charge in [0.25, 0.3) is 0 Å². The lowest BCUT2D eigenvalue weighted by molar-refractivity contribution is -0.137. The highest BCUT2D eigenvalue weighted by Crippen LogP contribution is 2.26. The molecule has 1 aliphatic rings. The van der Waals surface area contributed by atoms with Crippen LogP contribution in [-0.2, 0) is 4.79 Å². The summed E-state index contributed by atoms with van der Waals surface area (Å²) in [5.41, 5.74) is 4.87. The standard InChI is InChI=1S/C10H18N4O4/c11-9(17)12-4-5-13-10(18)14(7-1-2-7)6-3-8(15)16/h7H,1-6H2,(H,13,18)(H,15,16)(H3,11,12,17). The second-order valence-corrected chi connectivity index (χ2v) is 4.09. The normalized spacial score (nSPS) is 13.8. The minimum Gasteiger partial charge on any atom is -0.481 e. The van der Waals surface area contributed by atoms with Crippen LogP contribution < -0.4 is 16.4 Å². The first-order valence-electron chi connectivity index (χ1n) is 5.80. The molecule has 1 rings (SSSR count). The van der Waals surface area contributed by atoms with Crippen LogP contribution in [0.15, 0.2) is 0 Å². The first kappa shape index (κ1) is 14.1. The fourth-order valence-corrected chi connectivity index (χ4v) is 1.51. The SMILES string of the molecule is NC(=O)NCCNC(=O)N(CCC(=O)O)C1CC1. The Labute approximate surface area is 104 Å². The van der Waals surface area contributed by atoms with Gasteiger partial charge in [-0.25, -0.2) is 9.59 Å². The zero-order valence-electron chi connectivity index (χ0n) is 10.0. The quantitative estimate of drug-likeness (QED) is 0.451. The molecule has 0 atom stereocenters. The molecule has 4 amide bonds. The maximum absolute atomic E-state index is 11.8. The van der Waals surface area contributed by atoms with Crippen LogP contribution >= 0.6 is 0 Å². The van der Waals surface area contributed by atoms with Crippen LogP contribution in [0.4, 0.5) is 9.59 Å². The number of amides is 4. The maximum Gasteiger partial charge on any atom is 0.317 e. The summed E-state index contributed by atoms with van der Waals surface area (Å²) in [6, 6.07) is -0.798. The smallest absolute Gasteiger partial charge is 0.317 e. The summed E-state index contributed by atoms with van der Waals surface area (Å²) in [6.07, 6.45) is 1.75. The fourth-order valence-electron chi connectivity index (χ4n) is 1.51. The third kappa shape index (κ3) is 5.37. The van der Waals surface area contributed by atoms with Gasteiger partial charge in [0, 0.05) is 25.7 Å². The first-order chi connectivity index (χ1) is 8.50. The largest absolute Gasteiger partial charge is 0.481 e. The lowest BCUT2D eigenvalue weighted by atomic mass is 10.4. The van der Waals surface area contributed by atoms with Gasteiger partial charge in [0.1, 0.15) is 0 Å². The van der Waals surface area contributed by atoms with Crippen LogP contribution in [0, 0.1) is 0 Å². The number of primary amides is 1. The summed E-state index contributed by atoms with van der Waals surface area (Å²) in [5, 5.41) is 13.6. The predicted octanol–water partition coefficient (Wildman–Crippen LogP) is -0.697. The Kier molecular flexibility index (Phi) is 5.22. The van der Waals surface area contributed by atoms with Crippen molar-refractivity contribution in [3.05, 3.63) is 0 Å². The van der Waals surface area contributed by atoms with Gasteiger partial charge in [-0.3, -0.25) is 4.79 Å². The van der Waals surface area contributed by atoms with Crippen LogP contribution in [0.5, 0.6) is 0 Å². The molecule has 102 valence electrons. The van der Waals surface area contributed by atoms with Crippen molar-refractivity contribution in [2.75, 3.05) is 19.6 Å². The summed E-state index contributed by atoms with van der Waals surface area (Å²) >= 11 is 0. The van der Waals surface area contributed by atoms with Crippen LogP contribution in [0.25, 0.3) is 0 Å². The van der Waals surface area contributed by atoms with Gasteiger partial charge < -0.3 is 26.4 Å². The highest BCUT2D eigenvalue weighted by atomic mass is 16.4. The van der Waals surface area contributed by atoms with E-state index < -0.39 is 12.0 Å². The molecular weight excluding hydrogens is 240 g/mol. The molecule has 18 heavy (non-hydrogen) atoms. The maximum atomic E-state index is 11.8. The molecule has 8 nitrogen and oxygen atoms in total. The van der Waals surface area contributed by atoms with E-state index in [1.165, 1.54) is 4.90 Å². The zero-order chi connectivity index (χ0) is 13.5. The molecule has 1 aliphatic carbocycles. The summed E-state index contributed by atoms with van der Waals surface area (Å²) in [7, 11) is 0. The minimum absolute atomic E-state index is 0.0660. The molecule has 1 saturated carbocycles. The van der Waals surface area contributed by atoms with Gasteiger partial charge in [0.15, 0.2) is 0 Å². The van der Waals surface area contributed by atoms with Gasteiger partial charge in [-0.2, -0.15) is 0 Å². The highest BCUT2D eigenvalue weighted by Gasteiger charge is 2.32. The number of nitrogens with one attached hydrogen (secondary N) is 2. The molecule has 0 aromatic heterocycles. The average molecular weight is 258 g/mol. The van der Waals surface area contributed by atoms with Crippen LogP contribution in [0.1, 0.15) is 19.3 Å². The number of rotatable bonds is 7. The molecule has 0 aromatic carbocycles. The summed E-state index contributed by atoms with van der Waals surface area (Å²) in [5.74, 6) is -0.927. The number of nitrogens with zero attached hydrogens (tertiary/aromatic N) is 1. The molecule has 8 heteroatoms. The zero-order valence-corrected chi connectivity index (χ0v) is 10.0. The van der Waals surface area contributed by atoms with Crippen molar-refractivity contribution in [1.29, 1.82) is 0 Å². The van der Waals surface area contributed by atoms with Crippen LogP contribution in [0.3, 0.4) is 0 Å². The summed E-state index contributed by atoms with van der Waals surface area (Å²) in [4.78, 5) is 34.2. The van der Waals surface area contributed by atoms with Crippen molar-refractivity contribution in [2.45, 2.75) is 25.3 Å². The second-order valence-electron chi connectivity index (χ2n) is 4.09. The lowest BCUT2D eigenvalue weighted by Gasteiger charge is -2.22. The van der Waals surface area contributed by atoms with E-state index in [9.17, 15) is 14.4 Å². The highest BCUT2D eigenvalue weighted by molar-refractivity contribution is 5.76. The molecule has 0 radical (unpaired) electrons. The van der Waals surface area contributed by atoms with E-state index in [2.05, 4.69) is 10.6 Å². The van der Waals surface area contributed by atoms with Crippen molar-refractivity contribution in [3.63, 3.8) is 0 Å². The van der Waals surface area contributed by atoms with Crippen LogP contribution in [-0.4, -0.2) is 53.7 Å². The molecule has 5 N–H and O–H groups in total. The Morgan fingerprint density at radius 3 is 2.33 bits per heavy atom. The number of aliphatic carboxylic acids is 1. The number of carbonyl (C=O) groups excluding carboxylic acids is 2. The molecule has 0 aromatic rings. The molecule has 0 saturated heterocycles. The van der Waals surface area contributed by atoms with Crippen molar-refractivity contribution < 1.29 is 19.5 Å². The van der Waals surface area contributed by atoms with E-state index in [1.54, 1.807) is 0 Å². The van der Waals surface area contributed by atoms with Crippen LogP contribution in [0.2, 0.25) is 0 Å². The van der Waals surface area contributed by atoms with Gasteiger partial charge >= 0.3 is 18.0 Å².